The highest BCUT2D eigenvalue weighted by Crippen LogP contribution is 2.86. The van der Waals surface area contributed by atoms with Gasteiger partial charge in [-0.2, -0.15) is 0 Å². The molecule has 3 nitrogen and oxygen atoms in total. The van der Waals surface area contributed by atoms with Gasteiger partial charge >= 0.3 is 0 Å². The van der Waals surface area contributed by atoms with Crippen LogP contribution in [0, 0.1) is 39.9 Å². The summed E-state index contributed by atoms with van der Waals surface area (Å²) in [7, 11) is 0. The first-order valence-electron chi connectivity index (χ1n) is 10.8. The Hall–Kier alpha value is -0.380. The van der Waals surface area contributed by atoms with Gasteiger partial charge in [-0.1, -0.05) is 19.9 Å². The number of nitrogens with zero attached hydrogens (tertiary/aromatic N) is 1. The lowest BCUT2D eigenvalue weighted by atomic mass is 9.39. The Morgan fingerprint density at radius 2 is 2.00 bits per heavy atom. The summed E-state index contributed by atoms with van der Waals surface area (Å²) in [5, 5.41) is 11.5. The zero-order valence-corrected chi connectivity index (χ0v) is 15.5. The molecule has 8 rings (SSSR count). The molecule has 136 valence electrons. The minimum Gasteiger partial charge on any atom is -0.388 e. The highest BCUT2D eigenvalue weighted by molar-refractivity contribution is 5.39. The Morgan fingerprint density at radius 1 is 1.16 bits per heavy atom. The summed E-state index contributed by atoms with van der Waals surface area (Å²) in [6.45, 7) is 10.2. The number of hydrogen-bond donors (Lipinski definition) is 1. The van der Waals surface area contributed by atoms with Crippen molar-refractivity contribution < 1.29 is 9.84 Å². The molecule has 6 aliphatic carbocycles. The molecule has 8 fully saturated rings. The van der Waals surface area contributed by atoms with Crippen LogP contribution in [0.15, 0.2) is 12.2 Å². The number of ether oxygens (including phenoxy) is 1. The lowest BCUT2D eigenvalue weighted by Gasteiger charge is -2.69. The molecule has 8 aliphatic rings. The van der Waals surface area contributed by atoms with Crippen LogP contribution in [0.5, 0.6) is 0 Å². The molecule has 2 aliphatic heterocycles. The SMILES string of the molecule is C=C1[C@H]2CC3[C@@]4(CC[C@H]5C6(CCC[C@@]5(C)CN5CCO[C@]356)[C@@H]4C2)[C@@H]1O. The molecular formula is C22H31NO2. The summed E-state index contributed by atoms with van der Waals surface area (Å²) in [5.74, 6) is 2.56. The molecule has 0 aromatic carbocycles. The first kappa shape index (κ1) is 14.6. The second-order valence-electron chi connectivity index (χ2n) is 11.0. The second kappa shape index (κ2) is 3.91. The smallest absolute Gasteiger partial charge is 0.131 e. The van der Waals surface area contributed by atoms with E-state index in [9.17, 15) is 5.11 Å². The van der Waals surface area contributed by atoms with E-state index in [-0.39, 0.29) is 17.2 Å². The molecule has 0 aromatic rings. The van der Waals surface area contributed by atoms with Gasteiger partial charge in [-0.05, 0) is 67.3 Å². The topological polar surface area (TPSA) is 32.7 Å². The van der Waals surface area contributed by atoms with E-state index in [1.807, 2.05) is 0 Å². The molecule has 9 atom stereocenters. The molecule has 6 bridgehead atoms. The number of hydrogen-bond acceptors (Lipinski definition) is 3. The van der Waals surface area contributed by atoms with Crippen LogP contribution in [0.3, 0.4) is 0 Å². The summed E-state index contributed by atoms with van der Waals surface area (Å²) in [5.41, 5.74) is 1.98. The zero-order chi connectivity index (χ0) is 16.8. The van der Waals surface area contributed by atoms with Gasteiger partial charge in [-0.25, -0.2) is 0 Å². The van der Waals surface area contributed by atoms with Gasteiger partial charge in [0.15, 0.2) is 0 Å². The first-order valence-corrected chi connectivity index (χ1v) is 10.8. The van der Waals surface area contributed by atoms with Crippen LogP contribution < -0.4 is 0 Å². The van der Waals surface area contributed by atoms with Gasteiger partial charge in [0.05, 0.1) is 12.7 Å². The Morgan fingerprint density at radius 3 is 2.88 bits per heavy atom. The van der Waals surface area contributed by atoms with Crippen LogP contribution in [-0.2, 0) is 4.74 Å². The van der Waals surface area contributed by atoms with Crippen LogP contribution in [0.25, 0.3) is 0 Å². The monoisotopic (exact) mass is 341 g/mol. The molecule has 3 spiro atoms. The van der Waals surface area contributed by atoms with Crippen molar-refractivity contribution in [2.45, 2.75) is 63.7 Å². The van der Waals surface area contributed by atoms with Crippen molar-refractivity contribution in [2.24, 2.45) is 39.9 Å². The minimum atomic E-state index is -0.274. The number of rotatable bonds is 0. The van der Waals surface area contributed by atoms with Crippen molar-refractivity contribution >= 4 is 0 Å². The zero-order valence-electron chi connectivity index (χ0n) is 15.5. The Balaban J connectivity index is 1.56. The molecule has 2 saturated heterocycles. The highest BCUT2D eigenvalue weighted by atomic mass is 16.5. The third-order valence-electron chi connectivity index (χ3n) is 10.9. The standard InChI is InChI=1S/C22H31NO2/c1-13-14-10-16-20(18(13)24)7-4-15-19(2)5-3-6-21(15,16)22(17(20)11-14)23(12-19)8-9-25-22/h14-18,24H,1,3-12H2,2H3/t14-,15-,16-,17?,18-,19+,20+,21?,22+/m1/s1. The molecule has 1 N–H and O–H groups in total. The second-order valence-corrected chi connectivity index (χ2v) is 11.0. The molecule has 0 aromatic heterocycles. The summed E-state index contributed by atoms with van der Waals surface area (Å²) < 4.78 is 6.90. The molecular weight excluding hydrogens is 310 g/mol. The summed E-state index contributed by atoms with van der Waals surface area (Å²) >= 11 is 0. The van der Waals surface area contributed by atoms with Gasteiger partial charge in [-0.3, -0.25) is 4.90 Å². The van der Waals surface area contributed by atoms with Crippen LogP contribution >= 0.6 is 0 Å². The van der Waals surface area contributed by atoms with Gasteiger partial charge in [0.25, 0.3) is 0 Å². The maximum absolute atomic E-state index is 11.5. The number of aliphatic hydroxyl groups excluding tert-OH is 1. The summed E-state index contributed by atoms with van der Waals surface area (Å²) in [6, 6.07) is 0. The summed E-state index contributed by atoms with van der Waals surface area (Å²) in [6.07, 6.45) is 8.89. The lowest BCUT2D eigenvalue weighted by molar-refractivity contribution is -0.279. The third kappa shape index (κ3) is 1.14. The van der Waals surface area contributed by atoms with E-state index in [0.29, 0.717) is 28.6 Å². The number of aliphatic hydroxyl groups is 1. The van der Waals surface area contributed by atoms with Crippen LogP contribution in [0.2, 0.25) is 0 Å². The van der Waals surface area contributed by atoms with E-state index < -0.39 is 0 Å². The Kier molecular flexibility index (Phi) is 2.29. The van der Waals surface area contributed by atoms with E-state index in [1.165, 1.54) is 57.1 Å². The fourth-order valence-corrected chi connectivity index (χ4v) is 10.6. The van der Waals surface area contributed by atoms with Crippen molar-refractivity contribution in [3.63, 3.8) is 0 Å². The minimum absolute atomic E-state index is 0.0464. The van der Waals surface area contributed by atoms with Crippen molar-refractivity contribution in [1.29, 1.82) is 0 Å². The fourth-order valence-electron chi connectivity index (χ4n) is 10.6. The van der Waals surface area contributed by atoms with E-state index in [0.717, 1.165) is 19.1 Å². The van der Waals surface area contributed by atoms with Crippen molar-refractivity contribution in [2.75, 3.05) is 19.7 Å². The van der Waals surface area contributed by atoms with E-state index in [2.05, 4.69) is 18.4 Å². The average Bonchev–Trinajstić information content (AvgIpc) is 3.01. The maximum Gasteiger partial charge on any atom is 0.131 e. The Bertz CT molecular complexity index is 706. The van der Waals surface area contributed by atoms with E-state index in [4.69, 9.17) is 4.74 Å². The molecule has 2 unspecified atom stereocenters. The molecule has 6 saturated carbocycles. The average molecular weight is 341 g/mol. The lowest BCUT2D eigenvalue weighted by Crippen LogP contribution is -2.71. The largest absolute Gasteiger partial charge is 0.388 e. The van der Waals surface area contributed by atoms with Gasteiger partial charge in [0.2, 0.25) is 0 Å². The first-order chi connectivity index (χ1) is 12.0. The maximum atomic E-state index is 11.5. The predicted octanol–water partition coefficient (Wildman–Crippen LogP) is 3.19. The van der Waals surface area contributed by atoms with E-state index in [1.54, 1.807) is 0 Å². The quantitative estimate of drug-likeness (QED) is 0.687. The van der Waals surface area contributed by atoms with Crippen molar-refractivity contribution in [3.8, 4) is 0 Å². The van der Waals surface area contributed by atoms with Crippen molar-refractivity contribution in [3.05, 3.63) is 12.2 Å². The molecule has 0 radical (unpaired) electrons. The van der Waals surface area contributed by atoms with Crippen LogP contribution in [0.4, 0.5) is 0 Å². The highest BCUT2D eigenvalue weighted by Gasteiger charge is 2.88. The van der Waals surface area contributed by atoms with Crippen LogP contribution in [0.1, 0.15) is 51.9 Å². The van der Waals surface area contributed by atoms with Crippen LogP contribution in [-0.4, -0.2) is 41.5 Å². The van der Waals surface area contributed by atoms with Gasteiger partial charge in [-0.15, -0.1) is 0 Å². The molecule has 3 heteroatoms. The molecule has 0 amide bonds. The number of fused-ring (bicyclic) bond motifs is 1. The number of piperidine rings is 1. The van der Waals surface area contributed by atoms with Crippen molar-refractivity contribution in [1.82, 2.24) is 4.90 Å². The normalized spacial score (nSPS) is 66.8. The fraction of sp³-hybridized carbons (Fsp3) is 0.909. The predicted molar refractivity (Wildman–Crippen MR) is 94.7 cm³/mol. The van der Waals surface area contributed by atoms with Gasteiger partial charge < -0.3 is 9.84 Å². The van der Waals surface area contributed by atoms with Gasteiger partial charge in [0.1, 0.15) is 5.72 Å². The Labute approximate surface area is 150 Å². The third-order valence-corrected chi connectivity index (χ3v) is 10.9. The summed E-state index contributed by atoms with van der Waals surface area (Å²) in [4.78, 5) is 2.80. The molecule has 25 heavy (non-hydrogen) atoms. The molecule has 2 heterocycles. The van der Waals surface area contributed by atoms with E-state index >= 15 is 0 Å². The van der Waals surface area contributed by atoms with Gasteiger partial charge in [0, 0.05) is 29.8 Å².